The van der Waals surface area contributed by atoms with Crippen molar-refractivity contribution in [3.8, 4) is 0 Å². The lowest BCUT2D eigenvalue weighted by Gasteiger charge is -2.26. The van der Waals surface area contributed by atoms with Gasteiger partial charge >= 0.3 is 0 Å². The maximum absolute atomic E-state index is 5.58. The number of ether oxygens (including phenoxy) is 1. The van der Waals surface area contributed by atoms with Crippen LogP contribution in [0.4, 0.5) is 5.69 Å². The maximum atomic E-state index is 5.58. The van der Waals surface area contributed by atoms with Gasteiger partial charge in [-0.3, -0.25) is 0 Å². The third kappa shape index (κ3) is 2.30. The van der Waals surface area contributed by atoms with E-state index in [-0.39, 0.29) is 0 Å². The van der Waals surface area contributed by atoms with Crippen LogP contribution in [0.15, 0.2) is 40.0 Å². The topological polar surface area (TPSA) is 50.2 Å². The molecule has 0 spiro atoms. The Hall–Kier alpha value is -1.85. The van der Waals surface area contributed by atoms with Crippen LogP contribution in [0.3, 0.4) is 0 Å². The summed E-state index contributed by atoms with van der Waals surface area (Å²) in [7, 11) is 0. The SMILES string of the molecule is Cc1ccc(SNc2ccc(C)c3c(C4COC4)c[nH]c23)o1. The Morgan fingerprint density at radius 2 is 2.05 bits per heavy atom. The minimum absolute atomic E-state index is 0.517. The Bertz CT molecular complexity index is 817. The Kier molecular flexibility index (Phi) is 3.39. The van der Waals surface area contributed by atoms with E-state index in [9.17, 15) is 0 Å². The van der Waals surface area contributed by atoms with Crippen LogP contribution in [0.25, 0.3) is 10.9 Å². The molecule has 3 aromatic rings. The number of anilines is 1. The lowest BCUT2D eigenvalue weighted by atomic mass is 9.95. The molecular weight excluding hydrogens is 296 g/mol. The largest absolute Gasteiger partial charge is 0.453 e. The number of benzene rings is 1. The van der Waals surface area contributed by atoms with Gasteiger partial charge in [0.25, 0.3) is 0 Å². The zero-order valence-corrected chi connectivity index (χ0v) is 13.4. The van der Waals surface area contributed by atoms with Gasteiger partial charge in [-0.05, 0) is 43.2 Å². The molecule has 0 amide bonds. The fourth-order valence-electron chi connectivity index (χ4n) is 2.85. The van der Waals surface area contributed by atoms with E-state index >= 15 is 0 Å². The highest BCUT2D eigenvalue weighted by molar-refractivity contribution is 8.00. The number of hydrogen-bond acceptors (Lipinski definition) is 4. The third-order valence-electron chi connectivity index (χ3n) is 4.13. The van der Waals surface area contributed by atoms with Crippen molar-refractivity contribution in [3.05, 3.63) is 47.3 Å². The van der Waals surface area contributed by atoms with Gasteiger partial charge in [-0.15, -0.1) is 0 Å². The zero-order valence-electron chi connectivity index (χ0n) is 12.6. The number of H-pyrrole nitrogens is 1. The average Bonchev–Trinajstić information content (AvgIpc) is 3.04. The summed E-state index contributed by atoms with van der Waals surface area (Å²) in [6.45, 7) is 5.76. The van der Waals surface area contributed by atoms with E-state index in [2.05, 4.69) is 35.0 Å². The van der Waals surface area contributed by atoms with Gasteiger partial charge in [-0.25, -0.2) is 0 Å². The van der Waals surface area contributed by atoms with Crippen molar-refractivity contribution in [2.45, 2.75) is 24.9 Å². The van der Waals surface area contributed by atoms with Crippen LogP contribution < -0.4 is 4.72 Å². The van der Waals surface area contributed by atoms with E-state index in [1.807, 2.05) is 19.1 Å². The van der Waals surface area contributed by atoms with E-state index in [0.29, 0.717) is 5.92 Å². The lowest BCUT2D eigenvalue weighted by Crippen LogP contribution is -2.24. The molecule has 1 aromatic carbocycles. The molecule has 4 nitrogen and oxygen atoms in total. The normalized spacial score (nSPS) is 15.2. The molecule has 2 N–H and O–H groups in total. The van der Waals surface area contributed by atoms with Gasteiger partial charge in [0, 0.05) is 29.4 Å². The van der Waals surface area contributed by atoms with Gasteiger partial charge in [0.05, 0.1) is 24.4 Å². The summed E-state index contributed by atoms with van der Waals surface area (Å²) in [6.07, 6.45) is 2.12. The summed E-state index contributed by atoms with van der Waals surface area (Å²) in [5.74, 6) is 1.44. The van der Waals surface area contributed by atoms with Gasteiger partial charge in [0.15, 0.2) is 5.09 Å². The first kappa shape index (κ1) is 13.8. The highest BCUT2D eigenvalue weighted by atomic mass is 32.2. The first-order valence-corrected chi connectivity index (χ1v) is 8.21. The van der Waals surface area contributed by atoms with Crippen molar-refractivity contribution in [3.63, 3.8) is 0 Å². The molecule has 0 unspecified atom stereocenters. The van der Waals surface area contributed by atoms with Crippen molar-refractivity contribution < 1.29 is 9.15 Å². The van der Waals surface area contributed by atoms with Crippen LogP contribution in [0.5, 0.6) is 0 Å². The maximum Gasteiger partial charge on any atom is 0.180 e. The standard InChI is InChI=1S/C17H18N2O2S/c1-10-3-5-14(19-22-15-6-4-11(2)21-15)17-16(10)13(7-18-17)12-8-20-9-12/h3-7,12,18-19H,8-9H2,1-2H3. The molecule has 0 bridgehead atoms. The van der Waals surface area contributed by atoms with Crippen LogP contribution in [-0.2, 0) is 4.74 Å². The molecule has 0 aliphatic carbocycles. The molecule has 2 aromatic heterocycles. The number of furan rings is 1. The number of rotatable bonds is 4. The summed E-state index contributed by atoms with van der Waals surface area (Å²) in [5, 5.41) is 2.18. The first-order valence-electron chi connectivity index (χ1n) is 7.40. The predicted molar refractivity (Wildman–Crippen MR) is 89.5 cm³/mol. The summed E-state index contributed by atoms with van der Waals surface area (Å²) >= 11 is 1.49. The summed E-state index contributed by atoms with van der Waals surface area (Å²) in [6, 6.07) is 8.22. The van der Waals surface area contributed by atoms with E-state index in [1.165, 1.54) is 28.5 Å². The average molecular weight is 314 g/mol. The molecule has 3 heterocycles. The molecule has 4 rings (SSSR count). The number of fused-ring (bicyclic) bond motifs is 1. The van der Waals surface area contributed by atoms with E-state index in [0.717, 1.165) is 35.3 Å². The molecule has 5 heteroatoms. The van der Waals surface area contributed by atoms with E-state index < -0.39 is 0 Å². The molecule has 1 fully saturated rings. The number of aromatic nitrogens is 1. The summed E-state index contributed by atoms with van der Waals surface area (Å²) in [4.78, 5) is 3.43. The number of aryl methyl sites for hydroxylation is 2. The summed E-state index contributed by atoms with van der Waals surface area (Å²) < 4.78 is 14.3. The van der Waals surface area contributed by atoms with Crippen LogP contribution in [0.2, 0.25) is 0 Å². The molecule has 1 aliphatic rings. The molecule has 114 valence electrons. The van der Waals surface area contributed by atoms with Crippen molar-refractivity contribution in [1.29, 1.82) is 0 Å². The number of aromatic amines is 1. The molecular formula is C17H18N2O2S. The molecule has 1 saturated heterocycles. The van der Waals surface area contributed by atoms with Gasteiger partial charge < -0.3 is 18.9 Å². The van der Waals surface area contributed by atoms with Crippen molar-refractivity contribution in [1.82, 2.24) is 4.98 Å². The smallest absolute Gasteiger partial charge is 0.180 e. The highest BCUT2D eigenvalue weighted by Gasteiger charge is 2.24. The molecule has 1 aliphatic heterocycles. The van der Waals surface area contributed by atoms with Gasteiger partial charge in [-0.2, -0.15) is 0 Å². The summed E-state index contributed by atoms with van der Waals surface area (Å²) in [5.41, 5.74) is 4.88. The lowest BCUT2D eigenvalue weighted by molar-refractivity contribution is 0.00899. The molecule has 22 heavy (non-hydrogen) atoms. The van der Waals surface area contributed by atoms with Crippen molar-refractivity contribution >= 4 is 28.5 Å². The minimum Gasteiger partial charge on any atom is -0.453 e. The fourth-order valence-corrected chi connectivity index (χ4v) is 3.54. The Morgan fingerprint density at radius 3 is 2.73 bits per heavy atom. The van der Waals surface area contributed by atoms with E-state index in [4.69, 9.17) is 9.15 Å². The van der Waals surface area contributed by atoms with Crippen LogP contribution in [-0.4, -0.2) is 18.2 Å². The fraction of sp³-hybridized carbons (Fsp3) is 0.294. The van der Waals surface area contributed by atoms with Gasteiger partial charge in [0.1, 0.15) is 5.76 Å². The second kappa shape index (κ2) is 5.41. The van der Waals surface area contributed by atoms with Gasteiger partial charge in [-0.1, -0.05) is 6.07 Å². The second-order valence-corrected chi connectivity index (χ2v) is 6.54. The predicted octanol–water partition coefficient (Wildman–Crippen LogP) is 4.61. The Morgan fingerprint density at radius 1 is 1.18 bits per heavy atom. The zero-order chi connectivity index (χ0) is 15.1. The number of hydrogen-bond donors (Lipinski definition) is 2. The first-order chi connectivity index (χ1) is 10.7. The molecule has 0 radical (unpaired) electrons. The Labute approximate surface area is 133 Å². The quantitative estimate of drug-likeness (QED) is 0.690. The second-order valence-electron chi connectivity index (χ2n) is 5.73. The third-order valence-corrected chi connectivity index (χ3v) is 4.87. The highest BCUT2D eigenvalue weighted by Crippen LogP contribution is 2.36. The Balaban J connectivity index is 1.66. The van der Waals surface area contributed by atoms with Crippen molar-refractivity contribution in [2.75, 3.05) is 17.9 Å². The van der Waals surface area contributed by atoms with Crippen LogP contribution in [0, 0.1) is 13.8 Å². The minimum atomic E-state index is 0.517. The van der Waals surface area contributed by atoms with Crippen LogP contribution >= 0.6 is 11.9 Å². The van der Waals surface area contributed by atoms with E-state index in [1.54, 1.807) is 0 Å². The number of nitrogens with one attached hydrogen (secondary N) is 2. The van der Waals surface area contributed by atoms with Crippen molar-refractivity contribution in [2.24, 2.45) is 0 Å². The van der Waals surface area contributed by atoms with Crippen LogP contribution in [0.1, 0.15) is 22.8 Å². The van der Waals surface area contributed by atoms with Gasteiger partial charge in [0.2, 0.25) is 0 Å². The monoisotopic (exact) mass is 314 g/mol. The molecule has 0 saturated carbocycles. The molecule has 0 atom stereocenters.